The van der Waals surface area contributed by atoms with Gasteiger partial charge < -0.3 is 9.84 Å². The van der Waals surface area contributed by atoms with Crippen LogP contribution in [0.5, 0.6) is 0 Å². The molecule has 1 aromatic heterocycles. The average molecular weight is 335 g/mol. The van der Waals surface area contributed by atoms with Crippen molar-refractivity contribution in [1.82, 2.24) is 5.16 Å². The molecule has 0 saturated heterocycles. The Bertz CT molecular complexity index is 808. The average Bonchev–Trinajstić information content (AvgIpc) is 2.82. The topological polar surface area (TPSA) is 101 Å². The number of amides is 1. The third-order valence-corrected chi connectivity index (χ3v) is 5.15. The van der Waals surface area contributed by atoms with Crippen molar-refractivity contribution < 1.29 is 17.7 Å². The number of nitrogens with one attached hydrogen (secondary N) is 2. The van der Waals surface area contributed by atoms with Crippen LogP contribution in [-0.2, 0) is 14.8 Å². The molecule has 1 aliphatic rings. The Morgan fingerprint density at radius 2 is 1.96 bits per heavy atom. The highest BCUT2D eigenvalue weighted by Gasteiger charge is 2.25. The zero-order chi connectivity index (χ0) is 16.4. The van der Waals surface area contributed by atoms with Gasteiger partial charge in [-0.3, -0.25) is 9.52 Å². The van der Waals surface area contributed by atoms with Gasteiger partial charge in [0.05, 0.1) is 4.90 Å². The molecule has 1 aromatic carbocycles. The molecule has 1 saturated carbocycles. The van der Waals surface area contributed by atoms with Gasteiger partial charge in [-0.1, -0.05) is 11.6 Å². The van der Waals surface area contributed by atoms with Gasteiger partial charge in [0.1, 0.15) is 5.76 Å². The van der Waals surface area contributed by atoms with Crippen molar-refractivity contribution >= 4 is 27.4 Å². The lowest BCUT2D eigenvalue weighted by Gasteiger charge is -2.24. The van der Waals surface area contributed by atoms with Gasteiger partial charge in [-0.2, -0.15) is 0 Å². The van der Waals surface area contributed by atoms with Crippen molar-refractivity contribution in [3.05, 3.63) is 36.1 Å². The van der Waals surface area contributed by atoms with Gasteiger partial charge in [-0.15, -0.1) is 0 Å². The van der Waals surface area contributed by atoms with Crippen LogP contribution >= 0.6 is 0 Å². The Labute approximate surface area is 134 Å². The SMILES string of the molecule is Cc1cc(NS(=O)(=O)c2ccc(NC(=O)C3CCC3)cc2)no1. The highest BCUT2D eigenvalue weighted by molar-refractivity contribution is 7.92. The molecule has 23 heavy (non-hydrogen) atoms. The van der Waals surface area contributed by atoms with Crippen molar-refractivity contribution in [2.45, 2.75) is 31.1 Å². The number of aromatic nitrogens is 1. The highest BCUT2D eigenvalue weighted by Crippen LogP contribution is 2.27. The molecule has 2 N–H and O–H groups in total. The van der Waals surface area contributed by atoms with Crippen molar-refractivity contribution in [3.8, 4) is 0 Å². The summed E-state index contributed by atoms with van der Waals surface area (Å²) in [4.78, 5) is 11.9. The van der Waals surface area contributed by atoms with Crippen LogP contribution < -0.4 is 10.0 Å². The second-order valence-electron chi connectivity index (χ2n) is 5.57. The van der Waals surface area contributed by atoms with E-state index in [4.69, 9.17) is 4.52 Å². The highest BCUT2D eigenvalue weighted by atomic mass is 32.2. The van der Waals surface area contributed by atoms with E-state index in [-0.39, 0.29) is 22.5 Å². The Hall–Kier alpha value is -2.35. The number of hydrogen-bond acceptors (Lipinski definition) is 5. The zero-order valence-corrected chi connectivity index (χ0v) is 13.4. The molecule has 1 amide bonds. The van der Waals surface area contributed by atoms with E-state index in [1.54, 1.807) is 19.1 Å². The van der Waals surface area contributed by atoms with Crippen LogP contribution in [0, 0.1) is 12.8 Å². The number of rotatable bonds is 5. The summed E-state index contributed by atoms with van der Waals surface area (Å²) in [6.07, 6.45) is 2.92. The number of carbonyl (C=O) groups excluding carboxylic acids is 1. The lowest BCUT2D eigenvalue weighted by Crippen LogP contribution is -2.28. The molecule has 0 unspecified atom stereocenters. The second kappa shape index (κ2) is 6.04. The molecule has 0 spiro atoms. The maximum absolute atomic E-state index is 12.2. The summed E-state index contributed by atoms with van der Waals surface area (Å²) in [5, 5.41) is 6.39. The number of sulfonamides is 1. The fraction of sp³-hybridized carbons (Fsp3) is 0.333. The number of hydrogen-bond donors (Lipinski definition) is 2. The number of carbonyl (C=O) groups is 1. The van der Waals surface area contributed by atoms with Gasteiger partial charge >= 0.3 is 0 Å². The molecule has 1 fully saturated rings. The van der Waals surface area contributed by atoms with Gasteiger partial charge in [0.15, 0.2) is 5.82 Å². The van der Waals surface area contributed by atoms with Crippen molar-refractivity contribution in [2.24, 2.45) is 5.92 Å². The Morgan fingerprint density at radius 1 is 1.26 bits per heavy atom. The first kappa shape index (κ1) is 15.5. The minimum Gasteiger partial charge on any atom is -0.360 e. The van der Waals surface area contributed by atoms with E-state index in [1.807, 2.05) is 0 Å². The third kappa shape index (κ3) is 3.53. The first-order valence-electron chi connectivity index (χ1n) is 7.31. The Morgan fingerprint density at radius 3 is 2.48 bits per heavy atom. The van der Waals surface area contributed by atoms with Crippen LogP contribution in [0.25, 0.3) is 0 Å². The van der Waals surface area contributed by atoms with Crippen molar-refractivity contribution in [2.75, 3.05) is 10.0 Å². The summed E-state index contributed by atoms with van der Waals surface area (Å²) in [5.41, 5.74) is 0.582. The largest absolute Gasteiger partial charge is 0.360 e. The van der Waals surface area contributed by atoms with Crippen LogP contribution in [0.2, 0.25) is 0 Å². The van der Waals surface area contributed by atoms with Crippen LogP contribution in [0.1, 0.15) is 25.0 Å². The molecule has 0 aliphatic heterocycles. The first-order valence-corrected chi connectivity index (χ1v) is 8.79. The molecule has 0 bridgehead atoms. The van der Waals surface area contributed by atoms with E-state index in [2.05, 4.69) is 15.2 Å². The van der Waals surface area contributed by atoms with E-state index in [0.717, 1.165) is 19.3 Å². The number of benzene rings is 1. The van der Waals surface area contributed by atoms with E-state index >= 15 is 0 Å². The fourth-order valence-corrected chi connectivity index (χ4v) is 3.23. The number of nitrogens with zero attached hydrogens (tertiary/aromatic N) is 1. The number of aryl methyl sites for hydroxylation is 1. The molecule has 1 heterocycles. The van der Waals surface area contributed by atoms with E-state index in [9.17, 15) is 13.2 Å². The monoisotopic (exact) mass is 335 g/mol. The molecule has 7 nitrogen and oxygen atoms in total. The van der Waals surface area contributed by atoms with E-state index < -0.39 is 10.0 Å². The summed E-state index contributed by atoms with van der Waals surface area (Å²) >= 11 is 0. The summed E-state index contributed by atoms with van der Waals surface area (Å²) < 4.78 is 31.6. The molecule has 1 aliphatic carbocycles. The molecule has 2 aromatic rings. The zero-order valence-electron chi connectivity index (χ0n) is 12.6. The molecule has 122 valence electrons. The van der Waals surface area contributed by atoms with Crippen molar-refractivity contribution in [1.29, 1.82) is 0 Å². The molecule has 0 atom stereocenters. The molecular weight excluding hydrogens is 318 g/mol. The predicted octanol–water partition coefficient (Wildman–Crippen LogP) is 2.52. The fourth-order valence-electron chi connectivity index (χ4n) is 2.24. The standard InChI is InChI=1S/C15H17N3O4S/c1-10-9-14(17-22-10)18-23(20,21)13-7-5-12(6-8-13)16-15(19)11-3-2-4-11/h5-9,11H,2-4H2,1H3,(H,16,19)(H,17,18). The smallest absolute Gasteiger partial charge is 0.263 e. The van der Waals surface area contributed by atoms with Crippen molar-refractivity contribution in [3.63, 3.8) is 0 Å². The number of anilines is 2. The lowest BCUT2D eigenvalue weighted by molar-refractivity contribution is -0.122. The third-order valence-electron chi connectivity index (χ3n) is 3.78. The summed E-state index contributed by atoms with van der Waals surface area (Å²) in [6.45, 7) is 1.67. The summed E-state index contributed by atoms with van der Waals surface area (Å²) in [7, 11) is -3.74. The summed E-state index contributed by atoms with van der Waals surface area (Å²) in [5.74, 6) is 0.708. The Balaban J connectivity index is 1.69. The Kier molecular flexibility index (Phi) is 4.08. The van der Waals surface area contributed by atoms with Gasteiger partial charge in [0.25, 0.3) is 10.0 Å². The van der Waals surface area contributed by atoms with Crippen LogP contribution in [0.4, 0.5) is 11.5 Å². The predicted molar refractivity (Wildman–Crippen MR) is 84.5 cm³/mol. The van der Waals surface area contributed by atoms with Crippen LogP contribution in [0.15, 0.2) is 39.8 Å². The normalized spacial score (nSPS) is 15.0. The molecule has 3 rings (SSSR count). The van der Waals surface area contributed by atoms with Crippen LogP contribution in [0.3, 0.4) is 0 Å². The summed E-state index contributed by atoms with van der Waals surface area (Å²) in [6, 6.07) is 7.50. The molecule has 0 radical (unpaired) electrons. The maximum Gasteiger partial charge on any atom is 0.263 e. The van der Waals surface area contributed by atoms with E-state index in [0.29, 0.717) is 11.4 Å². The van der Waals surface area contributed by atoms with Gasteiger partial charge in [-0.25, -0.2) is 8.42 Å². The second-order valence-corrected chi connectivity index (χ2v) is 7.25. The van der Waals surface area contributed by atoms with Crippen LogP contribution in [-0.4, -0.2) is 19.5 Å². The lowest BCUT2D eigenvalue weighted by atomic mass is 9.85. The minimum absolute atomic E-state index is 0.0111. The first-order chi connectivity index (χ1) is 10.9. The van der Waals surface area contributed by atoms with Gasteiger partial charge in [-0.05, 0) is 44.0 Å². The van der Waals surface area contributed by atoms with Gasteiger partial charge in [0, 0.05) is 17.7 Å². The molecular formula is C15H17N3O4S. The van der Waals surface area contributed by atoms with Gasteiger partial charge in [0.2, 0.25) is 5.91 Å². The van der Waals surface area contributed by atoms with E-state index in [1.165, 1.54) is 18.2 Å². The molecule has 8 heteroatoms. The minimum atomic E-state index is -3.74. The quantitative estimate of drug-likeness (QED) is 0.874. The maximum atomic E-state index is 12.2.